The van der Waals surface area contributed by atoms with E-state index >= 15 is 0 Å². The molecule has 3 heterocycles. The zero-order valence-electron chi connectivity index (χ0n) is 22.7. The highest BCUT2D eigenvalue weighted by atomic mass is 32.1. The van der Waals surface area contributed by atoms with Gasteiger partial charge in [0.25, 0.3) is 5.91 Å². The van der Waals surface area contributed by atoms with E-state index in [4.69, 9.17) is 0 Å². The number of amides is 2. The van der Waals surface area contributed by atoms with Gasteiger partial charge in [0.05, 0.1) is 6.04 Å². The number of aryl methyl sites for hydroxylation is 1. The largest absolute Gasteiger partial charge is 0.339 e. The fourth-order valence-corrected chi connectivity index (χ4v) is 7.02. The minimum atomic E-state index is -0.0228. The van der Waals surface area contributed by atoms with Crippen LogP contribution in [0.2, 0.25) is 0 Å². The van der Waals surface area contributed by atoms with E-state index in [1.54, 1.807) is 0 Å². The molecule has 0 saturated carbocycles. The molecule has 4 aromatic rings. The first-order valence-corrected chi connectivity index (χ1v) is 14.8. The van der Waals surface area contributed by atoms with Crippen molar-refractivity contribution in [2.75, 3.05) is 32.7 Å². The van der Waals surface area contributed by atoms with E-state index < -0.39 is 0 Å². The van der Waals surface area contributed by atoms with Crippen molar-refractivity contribution < 1.29 is 9.59 Å². The molecule has 5 nitrogen and oxygen atoms in total. The average molecular weight is 538 g/mol. The molecule has 6 heteroatoms. The zero-order valence-corrected chi connectivity index (χ0v) is 23.5. The predicted octanol–water partition coefficient (Wildman–Crippen LogP) is 5.92. The van der Waals surface area contributed by atoms with Crippen molar-refractivity contribution >= 4 is 33.9 Å². The maximum atomic E-state index is 13.4. The number of hydrogen-bond donors (Lipinski definition) is 0. The Morgan fingerprint density at radius 3 is 2.51 bits per heavy atom. The van der Waals surface area contributed by atoms with E-state index in [1.165, 1.54) is 21.6 Å². The van der Waals surface area contributed by atoms with Crippen molar-refractivity contribution in [3.8, 4) is 0 Å². The molecule has 0 spiro atoms. The Morgan fingerprint density at radius 1 is 0.923 bits per heavy atom. The Bertz CT molecular complexity index is 1490. The first kappa shape index (κ1) is 25.8. The number of hydrogen-bond acceptors (Lipinski definition) is 4. The van der Waals surface area contributed by atoms with Crippen molar-refractivity contribution in [3.63, 3.8) is 0 Å². The third kappa shape index (κ3) is 5.23. The quantitative estimate of drug-likeness (QED) is 0.317. The standard InChI is InChI=1S/C33H35N3O2S/c1-23-7-9-26(10-8-23)32-29-15-20-39-30(29)13-16-34(32)17-14-31(37)35-18-19-36(24(2)22-35)33(38)28-12-11-25-5-3-4-6-27(25)21-28/h3-12,15,20-21,24,32H,13-14,16-19,22H2,1-2H3/t24-,32+/m0/s1. The molecule has 0 radical (unpaired) electrons. The molecule has 2 atom stereocenters. The molecule has 2 aliphatic rings. The van der Waals surface area contributed by atoms with Gasteiger partial charge in [-0.1, -0.05) is 60.2 Å². The van der Waals surface area contributed by atoms with Crippen LogP contribution in [0.1, 0.15) is 51.3 Å². The Hall–Kier alpha value is -3.48. The Kier molecular flexibility index (Phi) is 7.24. The summed E-state index contributed by atoms with van der Waals surface area (Å²) < 4.78 is 0. The van der Waals surface area contributed by atoms with Crippen molar-refractivity contribution in [1.82, 2.24) is 14.7 Å². The van der Waals surface area contributed by atoms with Crippen LogP contribution in [-0.4, -0.2) is 65.3 Å². The first-order valence-electron chi connectivity index (χ1n) is 13.9. The topological polar surface area (TPSA) is 43.9 Å². The molecule has 2 aliphatic heterocycles. The lowest BCUT2D eigenvalue weighted by atomic mass is 9.92. The van der Waals surface area contributed by atoms with E-state index in [9.17, 15) is 9.59 Å². The third-order valence-electron chi connectivity index (χ3n) is 8.31. The third-order valence-corrected chi connectivity index (χ3v) is 9.31. The highest BCUT2D eigenvalue weighted by Crippen LogP contribution is 2.38. The van der Waals surface area contributed by atoms with Gasteiger partial charge in [0, 0.05) is 55.6 Å². The van der Waals surface area contributed by atoms with Crippen molar-refractivity contribution in [2.24, 2.45) is 0 Å². The minimum absolute atomic E-state index is 0.0228. The van der Waals surface area contributed by atoms with Crippen LogP contribution >= 0.6 is 11.3 Å². The average Bonchev–Trinajstić information content (AvgIpc) is 3.44. The lowest BCUT2D eigenvalue weighted by Gasteiger charge is -2.41. The lowest BCUT2D eigenvalue weighted by Crippen LogP contribution is -2.55. The summed E-state index contributed by atoms with van der Waals surface area (Å²) in [6.07, 6.45) is 1.53. The van der Waals surface area contributed by atoms with Crippen LogP contribution in [0.5, 0.6) is 0 Å². The van der Waals surface area contributed by atoms with E-state index in [1.807, 2.05) is 57.5 Å². The SMILES string of the molecule is Cc1ccc([C@@H]2c3ccsc3CCN2CCC(=O)N2CCN(C(=O)c3ccc4ccccc4c3)[C@@H](C)C2)cc1. The molecule has 1 aromatic heterocycles. The summed E-state index contributed by atoms with van der Waals surface area (Å²) in [7, 11) is 0. The summed E-state index contributed by atoms with van der Waals surface area (Å²) in [5.74, 6) is 0.222. The van der Waals surface area contributed by atoms with E-state index in [0.717, 1.165) is 30.3 Å². The second-order valence-corrected chi connectivity index (χ2v) is 11.9. The van der Waals surface area contributed by atoms with Gasteiger partial charge in [0.1, 0.15) is 0 Å². The predicted molar refractivity (Wildman–Crippen MR) is 158 cm³/mol. The van der Waals surface area contributed by atoms with E-state index in [-0.39, 0.29) is 23.9 Å². The van der Waals surface area contributed by atoms with Gasteiger partial charge in [-0.2, -0.15) is 0 Å². The van der Waals surface area contributed by atoms with Crippen LogP contribution in [0.3, 0.4) is 0 Å². The molecule has 0 aliphatic carbocycles. The van der Waals surface area contributed by atoms with Gasteiger partial charge in [-0.25, -0.2) is 0 Å². The molecular weight excluding hydrogens is 502 g/mol. The van der Waals surface area contributed by atoms with Crippen molar-refractivity contribution in [1.29, 1.82) is 0 Å². The maximum Gasteiger partial charge on any atom is 0.254 e. The molecule has 0 unspecified atom stereocenters. The lowest BCUT2D eigenvalue weighted by molar-refractivity contribution is -0.134. The summed E-state index contributed by atoms with van der Waals surface area (Å²) in [5.41, 5.74) is 4.65. The Labute approximate surface area is 234 Å². The second-order valence-electron chi connectivity index (χ2n) is 10.9. The first-order chi connectivity index (χ1) is 19.0. The van der Waals surface area contributed by atoms with Gasteiger partial charge in [-0.15, -0.1) is 11.3 Å². The number of fused-ring (bicyclic) bond motifs is 2. The highest BCUT2D eigenvalue weighted by molar-refractivity contribution is 7.10. The highest BCUT2D eigenvalue weighted by Gasteiger charge is 2.33. The van der Waals surface area contributed by atoms with Gasteiger partial charge in [0.2, 0.25) is 5.91 Å². The number of carbonyl (C=O) groups is 2. The summed E-state index contributed by atoms with van der Waals surface area (Å²) in [5, 5.41) is 4.40. The van der Waals surface area contributed by atoms with Crippen LogP contribution < -0.4 is 0 Å². The number of rotatable bonds is 5. The van der Waals surface area contributed by atoms with Crippen molar-refractivity contribution in [3.05, 3.63) is 105 Å². The molecular formula is C33H35N3O2S. The fourth-order valence-electron chi connectivity index (χ4n) is 6.12. The monoisotopic (exact) mass is 537 g/mol. The summed E-state index contributed by atoms with van der Waals surface area (Å²) in [6.45, 7) is 7.59. The number of thiophene rings is 1. The second kappa shape index (κ2) is 10.9. The number of benzene rings is 3. The van der Waals surface area contributed by atoms with Gasteiger partial charge in [0.15, 0.2) is 0 Å². The molecule has 2 amide bonds. The number of carbonyl (C=O) groups excluding carboxylic acids is 2. The van der Waals surface area contributed by atoms with E-state index in [0.29, 0.717) is 31.6 Å². The molecule has 1 saturated heterocycles. The van der Waals surface area contributed by atoms with Crippen LogP contribution in [-0.2, 0) is 11.2 Å². The zero-order chi connectivity index (χ0) is 26.9. The fraction of sp³-hybridized carbons (Fsp3) is 0.333. The molecule has 0 N–H and O–H groups in total. The molecule has 6 rings (SSSR count). The number of piperazine rings is 1. The van der Waals surface area contributed by atoms with Gasteiger partial charge >= 0.3 is 0 Å². The van der Waals surface area contributed by atoms with Crippen LogP contribution in [0, 0.1) is 6.92 Å². The normalized spacial score (nSPS) is 19.7. The Balaban J connectivity index is 1.09. The van der Waals surface area contributed by atoms with E-state index in [2.05, 4.69) is 60.5 Å². The van der Waals surface area contributed by atoms with Gasteiger partial charge < -0.3 is 9.80 Å². The molecule has 1 fully saturated rings. The van der Waals surface area contributed by atoms with Crippen LogP contribution in [0.25, 0.3) is 10.8 Å². The number of nitrogens with zero attached hydrogens (tertiary/aromatic N) is 3. The Morgan fingerprint density at radius 2 is 1.72 bits per heavy atom. The van der Waals surface area contributed by atoms with Gasteiger partial charge in [-0.3, -0.25) is 14.5 Å². The molecule has 39 heavy (non-hydrogen) atoms. The molecule has 0 bridgehead atoms. The van der Waals surface area contributed by atoms with Crippen LogP contribution in [0.15, 0.2) is 78.2 Å². The smallest absolute Gasteiger partial charge is 0.254 e. The van der Waals surface area contributed by atoms with Gasteiger partial charge in [-0.05, 0) is 65.7 Å². The molecule has 3 aromatic carbocycles. The maximum absolute atomic E-state index is 13.4. The van der Waals surface area contributed by atoms with Crippen LogP contribution in [0.4, 0.5) is 0 Å². The summed E-state index contributed by atoms with van der Waals surface area (Å²) >= 11 is 1.84. The molecule has 200 valence electrons. The summed E-state index contributed by atoms with van der Waals surface area (Å²) in [4.78, 5) is 34.5. The minimum Gasteiger partial charge on any atom is -0.339 e. The summed E-state index contributed by atoms with van der Waals surface area (Å²) in [6, 6.07) is 25.3. The van der Waals surface area contributed by atoms with Crippen molar-refractivity contribution in [2.45, 2.75) is 38.8 Å².